The molecule has 2 aromatic heterocycles. The van der Waals surface area contributed by atoms with Crippen LogP contribution in [0.2, 0.25) is 5.02 Å². The summed E-state index contributed by atoms with van der Waals surface area (Å²) in [5.41, 5.74) is 0.388. The van der Waals surface area contributed by atoms with Gasteiger partial charge in [0.05, 0.1) is 23.0 Å². The van der Waals surface area contributed by atoms with E-state index in [2.05, 4.69) is 36.1 Å². The molecule has 0 bridgehead atoms. The Balaban J connectivity index is 1.54. The zero-order valence-corrected chi connectivity index (χ0v) is 18.6. The molecule has 2 aromatic carbocycles. The lowest BCUT2D eigenvalue weighted by Crippen LogP contribution is -2.20. The molecular formula is C22H16ClF4N7O. The summed E-state index contributed by atoms with van der Waals surface area (Å²) >= 11 is 5.60. The van der Waals surface area contributed by atoms with E-state index in [9.17, 15) is 22.4 Å². The molecule has 8 nitrogen and oxygen atoms in total. The fourth-order valence-corrected chi connectivity index (χ4v) is 3.32. The van der Waals surface area contributed by atoms with Gasteiger partial charge in [-0.05, 0) is 42.8 Å². The monoisotopic (exact) mass is 505 g/mol. The number of nitrogens with one attached hydrogen (secondary N) is 4. The molecule has 4 rings (SSSR count). The molecule has 0 saturated heterocycles. The number of aryl methyl sites for hydroxylation is 1. The van der Waals surface area contributed by atoms with Gasteiger partial charge in [-0.25, -0.2) is 19.2 Å². The second-order valence-corrected chi connectivity index (χ2v) is 7.69. The number of amides is 2. The number of aromatic amines is 1. The van der Waals surface area contributed by atoms with Crippen molar-refractivity contribution in [2.45, 2.75) is 13.1 Å². The normalized spacial score (nSPS) is 11.3. The van der Waals surface area contributed by atoms with Crippen LogP contribution in [0.1, 0.15) is 11.1 Å². The highest BCUT2D eigenvalue weighted by molar-refractivity contribution is 6.31. The number of nitrogens with zero attached hydrogens (tertiary/aromatic N) is 3. The summed E-state index contributed by atoms with van der Waals surface area (Å²) in [4.78, 5) is 20.6. The molecule has 0 unspecified atom stereocenters. The van der Waals surface area contributed by atoms with Crippen molar-refractivity contribution in [3.63, 3.8) is 0 Å². The molecule has 180 valence electrons. The van der Waals surface area contributed by atoms with Crippen LogP contribution in [0.5, 0.6) is 0 Å². The number of hydrogen-bond acceptors (Lipinski definition) is 5. The van der Waals surface area contributed by atoms with Crippen LogP contribution in [-0.2, 0) is 6.18 Å². The average Bonchev–Trinajstić information content (AvgIpc) is 3.30. The highest BCUT2D eigenvalue weighted by atomic mass is 35.5. The van der Waals surface area contributed by atoms with Gasteiger partial charge in [0.1, 0.15) is 5.82 Å². The summed E-state index contributed by atoms with van der Waals surface area (Å²) in [6, 6.07) is 8.68. The van der Waals surface area contributed by atoms with Gasteiger partial charge in [0.15, 0.2) is 17.5 Å². The minimum absolute atomic E-state index is 0.0852. The molecule has 0 fully saturated rings. The lowest BCUT2D eigenvalue weighted by atomic mass is 10.1. The van der Waals surface area contributed by atoms with Crippen LogP contribution in [0.4, 0.5) is 45.4 Å². The number of hydrogen-bond donors (Lipinski definition) is 4. The summed E-state index contributed by atoms with van der Waals surface area (Å²) < 4.78 is 53.4. The molecule has 0 aliphatic heterocycles. The standard InChI is InChI=1S/C22H16ClF4N7O/c1-11-2-3-12(30-21(35)31-13-4-5-16(23)15(9-13)22(25,26)27)8-14(11)19-28-10-17(24)20(33-19)32-18-6-7-29-34-18/h2-10H,1H3,(H2,30,31,35)(H2,28,29,32,33,34). The largest absolute Gasteiger partial charge is 0.417 e. The van der Waals surface area contributed by atoms with Gasteiger partial charge < -0.3 is 16.0 Å². The van der Waals surface area contributed by atoms with Crippen LogP contribution in [0.3, 0.4) is 0 Å². The number of benzene rings is 2. The number of anilines is 4. The van der Waals surface area contributed by atoms with E-state index in [-0.39, 0.29) is 17.3 Å². The Kier molecular flexibility index (Phi) is 6.56. The van der Waals surface area contributed by atoms with E-state index in [4.69, 9.17) is 11.6 Å². The van der Waals surface area contributed by atoms with Crippen molar-refractivity contribution in [2.75, 3.05) is 16.0 Å². The molecule has 0 radical (unpaired) electrons. The van der Waals surface area contributed by atoms with E-state index in [1.54, 1.807) is 31.2 Å². The fraction of sp³-hybridized carbons (Fsp3) is 0.0909. The first-order chi connectivity index (χ1) is 16.6. The first kappa shape index (κ1) is 24.0. The summed E-state index contributed by atoms with van der Waals surface area (Å²) in [7, 11) is 0. The van der Waals surface area contributed by atoms with Gasteiger partial charge in [0.25, 0.3) is 0 Å². The van der Waals surface area contributed by atoms with E-state index >= 15 is 0 Å². The Morgan fingerprint density at radius 3 is 2.46 bits per heavy atom. The van der Waals surface area contributed by atoms with Crippen LogP contribution in [0.15, 0.2) is 54.9 Å². The van der Waals surface area contributed by atoms with Crippen molar-refractivity contribution in [2.24, 2.45) is 0 Å². The maximum atomic E-state index is 14.2. The van der Waals surface area contributed by atoms with Gasteiger partial charge in [0, 0.05) is 23.0 Å². The Hall–Kier alpha value is -4.19. The third-order valence-electron chi connectivity index (χ3n) is 4.76. The second-order valence-electron chi connectivity index (χ2n) is 7.29. The van der Waals surface area contributed by atoms with E-state index in [1.165, 1.54) is 12.3 Å². The number of carbonyl (C=O) groups is 1. The summed E-state index contributed by atoms with van der Waals surface area (Å²) in [6.07, 6.45) is -2.18. The van der Waals surface area contributed by atoms with Crippen molar-refractivity contribution < 1.29 is 22.4 Å². The highest BCUT2D eigenvalue weighted by Crippen LogP contribution is 2.36. The lowest BCUT2D eigenvalue weighted by Gasteiger charge is -2.13. The predicted octanol–water partition coefficient (Wildman–Crippen LogP) is 6.37. The van der Waals surface area contributed by atoms with Crippen molar-refractivity contribution >= 4 is 40.6 Å². The molecule has 13 heteroatoms. The fourth-order valence-electron chi connectivity index (χ4n) is 3.09. The van der Waals surface area contributed by atoms with Gasteiger partial charge in [-0.1, -0.05) is 17.7 Å². The number of carbonyl (C=O) groups excluding carboxylic acids is 1. The highest BCUT2D eigenvalue weighted by Gasteiger charge is 2.33. The van der Waals surface area contributed by atoms with E-state index in [0.29, 0.717) is 17.1 Å². The number of aromatic nitrogens is 4. The zero-order valence-electron chi connectivity index (χ0n) is 17.8. The van der Waals surface area contributed by atoms with E-state index < -0.39 is 28.6 Å². The van der Waals surface area contributed by atoms with E-state index in [0.717, 1.165) is 23.9 Å². The second kappa shape index (κ2) is 9.58. The zero-order chi connectivity index (χ0) is 25.2. The maximum absolute atomic E-state index is 14.2. The Morgan fingerprint density at radius 1 is 1.06 bits per heavy atom. The number of alkyl halides is 3. The molecule has 2 amide bonds. The van der Waals surface area contributed by atoms with Gasteiger partial charge in [0.2, 0.25) is 0 Å². The number of urea groups is 1. The van der Waals surface area contributed by atoms with Crippen LogP contribution >= 0.6 is 11.6 Å². The SMILES string of the molecule is Cc1ccc(NC(=O)Nc2ccc(Cl)c(C(F)(F)F)c2)cc1-c1ncc(F)c(Nc2ccn[nH]2)n1. The summed E-state index contributed by atoms with van der Waals surface area (Å²) in [5.74, 6) is -0.162. The molecule has 35 heavy (non-hydrogen) atoms. The van der Waals surface area contributed by atoms with Crippen LogP contribution < -0.4 is 16.0 Å². The van der Waals surface area contributed by atoms with Crippen molar-refractivity contribution in [1.82, 2.24) is 20.2 Å². The smallest absolute Gasteiger partial charge is 0.323 e. The minimum Gasteiger partial charge on any atom is -0.323 e. The van der Waals surface area contributed by atoms with Crippen LogP contribution in [0.25, 0.3) is 11.4 Å². The van der Waals surface area contributed by atoms with Gasteiger partial charge >= 0.3 is 12.2 Å². The Morgan fingerprint density at radius 2 is 1.77 bits per heavy atom. The minimum atomic E-state index is -4.67. The molecule has 4 aromatic rings. The number of H-pyrrole nitrogens is 1. The number of halogens is 5. The average molecular weight is 506 g/mol. The maximum Gasteiger partial charge on any atom is 0.417 e. The quantitative estimate of drug-likeness (QED) is 0.236. The first-order valence-electron chi connectivity index (χ1n) is 9.95. The van der Waals surface area contributed by atoms with Crippen molar-refractivity contribution in [1.29, 1.82) is 0 Å². The Labute approximate surface area is 200 Å². The lowest BCUT2D eigenvalue weighted by molar-refractivity contribution is -0.137. The molecule has 4 N–H and O–H groups in total. The third kappa shape index (κ3) is 5.66. The van der Waals surface area contributed by atoms with E-state index in [1.807, 2.05) is 0 Å². The molecule has 0 atom stereocenters. The molecule has 0 spiro atoms. The van der Waals surface area contributed by atoms with Gasteiger partial charge in [-0.2, -0.15) is 18.3 Å². The summed E-state index contributed by atoms with van der Waals surface area (Å²) in [6.45, 7) is 1.78. The first-order valence-corrected chi connectivity index (χ1v) is 10.3. The van der Waals surface area contributed by atoms with Gasteiger partial charge in [-0.15, -0.1) is 0 Å². The molecule has 0 aliphatic carbocycles. The molecule has 0 aliphatic rings. The van der Waals surface area contributed by atoms with Crippen LogP contribution in [0, 0.1) is 12.7 Å². The topological polar surface area (TPSA) is 108 Å². The number of rotatable bonds is 5. The molecular weight excluding hydrogens is 490 g/mol. The van der Waals surface area contributed by atoms with Crippen molar-refractivity contribution in [3.05, 3.63) is 76.8 Å². The predicted molar refractivity (Wildman–Crippen MR) is 123 cm³/mol. The Bertz CT molecular complexity index is 1380. The van der Waals surface area contributed by atoms with Gasteiger partial charge in [-0.3, -0.25) is 5.10 Å². The molecule has 2 heterocycles. The summed E-state index contributed by atoms with van der Waals surface area (Å²) in [5, 5.41) is 13.6. The molecule has 0 saturated carbocycles. The van der Waals surface area contributed by atoms with Crippen molar-refractivity contribution in [3.8, 4) is 11.4 Å². The van der Waals surface area contributed by atoms with Crippen LogP contribution in [-0.4, -0.2) is 26.2 Å². The third-order valence-corrected chi connectivity index (χ3v) is 5.09.